The zero-order valence-electron chi connectivity index (χ0n) is 15.8. The Morgan fingerprint density at radius 2 is 1.93 bits per heavy atom. The Kier molecular flexibility index (Phi) is 4.07. The van der Waals surface area contributed by atoms with Crippen LogP contribution in [0.5, 0.6) is 5.75 Å². The number of H-pyrrole nitrogens is 1. The van der Waals surface area contributed by atoms with E-state index in [1.165, 1.54) is 4.52 Å². The van der Waals surface area contributed by atoms with E-state index < -0.39 is 0 Å². The van der Waals surface area contributed by atoms with E-state index in [1.54, 1.807) is 13.2 Å². The normalized spacial score (nSPS) is 11.3. The van der Waals surface area contributed by atoms with Gasteiger partial charge >= 0.3 is 0 Å². The average molecular weight is 363 g/mol. The monoisotopic (exact) mass is 363 g/mol. The van der Waals surface area contributed by atoms with Gasteiger partial charge in [-0.2, -0.15) is 5.10 Å². The van der Waals surface area contributed by atoms with E-state index >= 15 is 0 Å². The molecule has 1 aromatic carbocycles. The van der Waals surface area contributed by atoms with Gasteiger partial charge in [-0.15, -0.1) is 0 Å². The maximum atomic E-state index is 12.7. The SMILES string of the molecule is CCn1cc(-c2cc(=O)n3[nH]c(-c4ccc(OC)cc4)c(C)c3n2)c(C)n1. The Balaban J connectivity index is 1.88. The van der Waals surface area contributed by atoms with Crippen LogP contribution in [0.15, 0.2) is 41.3 Å². The summed E-state index contributed by atoms with van der Waals surface area (Å²) in [7, 11) is 1.64. The Hall–Kier alpha value is -3.35. The van der Waals surface area contributed by atoms with E-state index in [1.807, 2.05) is 55.9 Å². The summed E-state index contributed by atoms with van der Waals surface area (Å²) in [5.74, 6) is 0.786. The predicted molar refractivity (Wildman–Crippen MR) is 104 cm³/mol. The first kappa shape index (κ1) is 17.1. The lowest BCUT2D eigenvalue weighted by atomic mass is 10.1. The fourth-order valence-electron chi connectivity index (χ4n) is 3.26. The van der Waals surface area contributed by atoms with Gasteiger partial charge in [0, 0.05) is 35.5 Å². The molecule has 0 atom stereocenters. The van der Waals surface area contributed by atoms with Crippen molar-refractivity contribution in [1.82, 2.24) is 24.4 Å². The molecule has 7 heteroatoms. The van der Waals surface area contributed by atoms with Crippen LogP contribution in [0.2, 0.25) is 0 Å². The van der Waals surface area contributed by atoms with E-state index in [9.17, 15) is 4.79 Å². The van der Waals surface area contributed by atoms with Crippen LogP contribution in [-0.4, -0.2) is 31.5 Å². The highest BCUT2D eigenvalue weighted by Crippen LogP contribution is 2.27. The number of aryl methyl sites for hydroxylation is 3. The number of hydrogen-bond donors (Lipinski definition) is 1. The van der Waals surface area contributed by atoms with Gasteiger partial charge in [0.05, 0.1) is 24.2 Å². The van der Waals surface area contributed by atoms with Crippen molar-refractivity contribution in [2.45, 2.75) is 27.3 Å². The first-order chi connectivity index (χ1) is 13.0. The maximum Gasteiger partial charge on any atom is 0.273 e. The summed E-state index contributed by atoms with van der Waals surface area (Å²) in [4.78, 5) is 17.5. The molecule has 7 nitrogen and oxygen atoms in total. The lowest BCUT2D eigenvalue weighted by molar-refractivity contribution is 0.415. The molecule has 0 bridgehead atoms. The van der Waals surface area contributed by atoms with Crippen LogP contribution in [0.3, 0.4) is 0 Å². The largest absolute Gasteiger partial charge is 0.497 e. The zero-order chi connectivity index (χ0) is 19.1. The van der Waals surface area contributed by atoms with E-state index in [2.05, 4.69) is 10.2 Å². The lowest BCUT2D eigenvalue weighted by Gasteiger charge is -2.02. The van der Waals surface area contributed by atoms with Crippen LogP contribution in [0, 0.1) is 13.8 Å². The van der Waals surface area contributed by atoms with Crippen LogP contribution >= 0.6 is 0 Å². The molecule has 27 heavy (non-hydrogen) atoms. The quantitative estimate of drug-likeness (QED) is 0.604. The topological polar surface area (TPSA) is 77.2 Å². The van der Waals surface area contributed by atoms with Gasteiger partial charge in [-0.05, 0) is 45.0 Å². The third kappa shape index (κ3) is 2.81. The second kappa shape index (κ2) is 6.42. The van der Waals surface area contributed by atoms with E-state index in [-0.39, 0.29) is 5.56 Å². The summed E-state index contributed by atoms with van der Waals surface area (Å²) in [6, 6.07) is 9.25. The van der Waals surface area contributed by atoms with Crippen molar-refractivity contribution in [2.24, 2.45) is 0 Å². The molecular weight excluding hydrogens is 342 g/mol. The zero-order valence-corrected chi connectivity index (χ0v) is 15.8. The van der Waals surface area contributed by atoms with Crippen molar-refractivity contribution in [3.05, 3.63) is 58.1 Å². The van der Waals surface area contributed by atoms with Crippen molar-refractivity contribution in [2.75, 3.05) is 7.11 Å². The summed E-state index contributed by atoms with van der Waals surface area (Å²) in [6.45, 7) is 6.69. The molecule has 1 N–H and O–H groups in total. The van der Waals surface area contributed by atoms with Crippen LogP contribution < -0.4 is 10.3 Å². The van der Waals surface area contributed by atoms with Crippen LogP contribution in [0.25, 0.3) is 28.2 Å². The second-order valence-electron chi connectivity index (χ2n) is 6.46. The van der Waals surface area contributed by atoms with E-state index in [0.717, 1.165) is 40.4 Å². The highest BCUT2D eigenvalue weighted by Gasteiger charge is 2.16. The van der Waals surface area contributed by atoms with Crippen LogP contribution in [0.1, 0.15) is 18.2 Å². The summed E-state index contributed by atoms with van der Waals surface area (Å²) in [6.07, 6.45) is 1.93. The smallest absolute Gasteiger partial charge is 0.273 e. The number of hydrogen-bond acceptors (Lipinski definition) is 4. The Bertz CT molecular complexity index is 1180. The number of nitrogens with zero attached hydrogens (tertiary/aromatic N) is 4. The number of methoxy groups -OCH3 is 1. The fourth-order valence-corrected chi connectivity index (χ4v) is 3.26. The molecule has 0 radical (unpaired) electrons. The van der Waals surface area contributed by atoms with Gasteiger partial charge in [0.15, 0.2) is 5.65 Å². The summed E-state index contributed by atoms with van der Waals surface area (Å²) in [5.41, 5.74) is 5.59. The maximum absolute atomic E-state index is 12.7. The molecule has 0 aliphatic heterocycles. The predicted octanol–water partition coefficient (Wildman–Crippen LogP) is 3.20. The molecule has 0 amide bonds. The standard InChI is InChI=1S/C20H21N5O2/c1-5-24-11-16(13(3)22-24)17-10-18(26)25-20(21-17)12(2)19(23-25)14-6-8-15(27-4)9-7-14/h6-11,23H,5H2,1-4H3. The van der Waals surface area contributed by atoms with Gasteiger partial charge in [0.1, 0.15) is 5.75 Å². The number of fused-ring (bicyclic) bond motifs is 1. The average Bonchev–Trinajstić information content (AvgIpc) is 3.22. The molecule has 0 saturated heterocycles. The lowest BCUT2D eigenvalue weighted by Crippen LogP contribution is -2.14. The third-order valence-corrected chi connectivity index (χ3v) is 4.78. The first-order valence-corrected chi connectivity index (χ1v) is 8.83. The van der Waals surface area contributed by atoms with Crippen LogP contribution in [-0.2, 0) is 6.54 Å². The van der Waals surface area contributed by atoms with Gasteiger partial charge in [-0.3, -0.25) is 14.6 Å². The molecule has 3 aromatic heterocycles. The minimum atomic E-state index is -0.151. The molecule has 3 heterocycles. The fraction of sp³-hybridized carbons (Fsp3) is 0.250. The van der Waals surface area contributed by atoms with E-state index in [0.29, 0.717) is 11.3 Å². The van der Waals surface area contributed by atoms with Gasteiger partial charge in [-0.25, -0.2) is 9.50 Å². The second-order valence-corrected chi connectivity index (χ2v) is 6.46. The number of ether oxygens (including phenoxy) is 1. The molecule has 0 fully saturated rings. The molecule has 0 unspecified atom stereocenters. The van der Waals surface area contributed by atoms with Crippen molar-refractivity contribution < 1.29 is 4.74 Å². The molecule has 4 rings (SSSR count). The molecule has 0 spiro atoms. The van der Waals surface area contributed by atoms with Gasteiger partial charge < -0.3 is 4.74 Å². The molecule has 0 aliphatic rings. The number of aromatic nitrogens is 5. The van der Waals surface area contributed by atoms with Crippen molar-refractivity contribution in [3.63, 3.8) is 0 Å². The molecule has 0 aliphatic carbocycles. The Labute approximate surface area is 156 Å². The molecule has 0 saturated carbocycles. The van der Waals surface area contributed by atoms with Crippen molar-refractivity contribution in [1.29, 1.82) is 0 Å². The Morgan fingerprint density at radius 1 is 1.19 bits per heavy atom. The molecular formula is C20H21N5O2. The van der Waals surface area contributed by atoms with E-state index in [4.69, 9.17) is 9.72 Å². The number of aromatic amines is 1. The number of benzene rings is 1. The molecule has 138 valence electrons. The summed E-state index contributed by atoms with van der Waals surface area (Å²) >= 11 is 0. The van der Waals surface area contributed by atoms with Gasteiger partial charge in [0.25, 0.3) is 5.56 Å². The molecule has 4 aromatic rings. The van der Waals surface area contributed by atoms with Crippen molar-refractivity contribution >= 4 is 5.65 Å². The minimum absolute atomic E-state index is 0.151. The highest BCUT2D eigenvalue weighted by molar-refractivity contribution is 5.72. The first-order valence-electron chi connectivity index (χ1n) is 8.83. The summed E-state index contributed by atoms with van der Waals surface area (Å²) in [5, 5.41) is 7.63. The van der Waals surface area contributed by atoms with Gasteiger partial charge in [0.2, 0.25) is 0 Å². The number of rotatable bonds is 4. The Morgan fingerprint density at radius 3 is 2.56 bits per heavy atom. The highest BCUT2D eigenvalue weighted by atomic mass is 16.5. The minimum Gasteiger partial charge on any atom is -0.497 e. The summed E-state index contributed by atoms with van der Waals surface area (Å²) < 4.78 is 8.55. The van der Waals surface area contributed by atoms with Gasteiger partial charge in [-0.1, -0.05) is 0 Å². The number of nitrogens with one attached hydrogen (secondary N) is 1. The van der Waals surface area contributed by atoms with Crippen molar-refractivity contribution in [3.8, 4) is 28.3 Å². The van der Waals surface area contributed by atoms with Crippen LogP contribution in [0.4, 0.5) is 0 Å². The third-order valence-electron chi connectivity index (χ3n) is 4.78.